The Morgan fingerprint density at radius 1 is 0.929 bits per heavy atom. The van der Waals surface area contributed by atoms with Crippen LogP contribution in [0.2, 0.25) is 0 Å². The molecule has 0 fully saturated rings. The smallest absolute Gasteiger partial charge is 0.344 e. The van der Waals surface area contributed by atoms with E-state index in [9.17, 15) is 14.4 Å². The number of carbonyl (C=O) groups excluding carboxylic acids is 3. The highest BCUT2D eigenvalue weighted by atomic mass is 16.6. The molecule has 0 atom stereocenters. The Labute approximate surface area is 162 Å². The highest BCUT2D eigenvalue weighted by molar-refractivity contribution is 5.95. The van der Waals surface area contributed by atoms with Crippen molar-refractivity contribution in [1.29, 1.82) is 0 Å². The van der Waals surface area contributed by atoms with Gasteiger partial charge in [0.15, 0.2) is 19.0 Å². The van der Waals surface area contributed by atoms with E-state index < -0.39 is 18.5 Å². The van der Waals surface area contributed by atoms with Crippen LogP contribution in [0.4, 0.5) is 5.69 Å². The van der Waals surface area contributed by atoms with Crippen LogP contribution >= 0.6 is 0 Å². The number of esters is 1. The number of benzene rings is 2. The molecule has 0 aliphatic carbocycles. The van der Waals surface area contributed by atoms with Crippen molar-refractivity contribution in [3.8, 4) is 17.2 Å². The number of rotatable bonds is 9. The second-order valence-corrected chi connectivity index (χ2v) is 5.65. The Balaban J connectivity index is 1.82. The molecular formula is C20H21NO7. The van der Waals surface area contributed by atoms with Crippen LogP contribution in [0, 0.1) is 0 Å². The fourth-order valence-electron chi connectivity index (χ4n) is 2.22. The number of carbonyl (C=O) groups is 3. The van der Waals surface area contributed by atoms with Crippen molar-refractivity contribution in [3.05, 3.63) is 48.0 Å². The van der Waals surface area contributed by atoms with Gasteiger partial charge in [0.25, 0.3) is 5.91 Å². The highest BCUT2D eigenvalue weighted by Gasteiger charge is 2.12. The number of methoxy groups -OCH3 is 2. The van der Waals surface area contributed by atoms with E-state index in [1.54, 1.807) is 36.4 Å². The van der Waals surface area contributed by atoms with E-state index in [-0.39, 0.29) is 12.4 Å². The Morgan fingerprint density at radius 3 is 2.39 bits per heavy atom. The average Bonchev–Trinajstić information content (AvgIpc) is 2.71. The van der Waals surface area contributed by atoms with E-state index >= 15 is 0 Å². The van der Waals surface area contributed by atoms with Gasteiger partial charge in [0, 0.05) is 11.6 Å². The molecule has 0 aliphatic rings. The molecule has 0 aliphatic heterocycles. The molecule has 2 rings (SSSR count). The van der Waals surface area contributed by atoms with Gasteiger partial charge in [0.1, 0.15) is 17.2 Å². The lowest BCUT2D eigenvalue weighted by molar-refractivity contribution is -0.149. The molecule has 0 bridgehead atoms. The fourth-order valence-corrected chi connectivity index (χ4v) is 2.22. The van der Waals surface area contributed by atoms with E-state index in [4.69, 9.17) is 18.9 Å². The first-order chi connectivity index (χ1) is 13.4. The van der Waals surface area contributed by atoms with E-state index in [1.807, 2.05) is 0 Å². The molecule has 2 aromatic rings. The third-order valence-corrected chi connectivity index (χ3v) is 3.64. The zero-order valence-corrected chi connectivity index (χ0v) is 15.8. The molecule has 0 saturated heterocycles. The second kappa shape index (κ2) is 9.96. The second-order valence-electron chi connectivity index (χ2n) is 5.65. The molecule has 1 amide bonds. The van der Waals surface area contributed by atoms with E-state index in [0.29, 0.717) is 28.5 Å². The van der Waals surface area contributed by atoms with Crippen molar-refractivity contribution >= 4 is 23.3 Å². The topological polar surface area (TPSA) is 100 Å². The number of Topliss-reactive ketones (excluding diaryl/α,β-unsaturated/α-hetero) is 1. The maximum absolute atomic E-state index is 12.0. The third kappa shape index (κ3) is 6.01. The molecule has 0 unspecified atom stereocenters. The first-order valence-corrected chi connectivity index (χ1v) is 8.34. The van der Waals surface area contributed by atoms with E-state index in [2.05, 4.69) is 5.32 Å². The van der Waals surface area contributed by atoms with Gasteiger partial charge in [0.2, 0.25) is 0 Å². The van der Waals surface area contributed by atoms with Crippen molar-refractivity contribution in [2.24, 2.45) is 0 Å². The number of anilines is 1. The summed E-state index contributed by atoms with van der Waals surface area (Å²) >= 11 is 0. The molecule has 2 aromatic carbocycles. The summed E-state index contributed by atoms with van der Waals surface area (Å²) in [7, 11) is 2.98. The normalized spacial score (nSPS) is 9.96. The molecule has 0 spiro atoms. The molecule has 1 N–H and O–H groups in total. The van der Waals surface area contributed by atoms with Gasteiger partial charge in [-0.2, -0.15) is 0 Å². The number of ketones is 1. The standard InChI is InChI=1S/C20H21NO7/c1-13(22)14-5-4-6-16(9-14)27-12-20(24)28-11-19(23)21-17-8-7-15(25-2)10-18(17)26-3/h4-10H,11-12H2,1-3H3,(H,21,23). The van der Waals surface area contributed by atoms with Gasteiger partial charge >= 0.3 is 5.97 Å². The Kier molecular flexibility index (Phi) is 7.38. The molecule has 0 radical (unpaired) electrons. The maximum atomic E-state index is 12.0. The fraction of sp³-hybridized carbons (Fsp3) is 0.250. The molecule has 0 aromatic heterocycles. The van der Waals surface area contributed by atoms with Crippen LogP contribution < -0.4 is 19.5 Å². The zero-order valence-electron chi connectivity index (χ0n) is 15.8. The van der Waals surface area contributed by atoms with Gasteiger partial charge in [-0.3, -0.25) is 9.59 Å². The van der Waals surface area contributed by atoms with Gasteiger partial charge in [-0.25, -0.2) is 4.79 Å². The monoisotopic (exact) mass is 387 g/mol. The third-order valence-electron chi connectivity index (χ3n) is 3.64. The largest absolute Gasteiger partial charge is 0.497 e. The lowest BCUT2D eigenvalue weighted by Crippen LogP contribution is -2.23. The van der Waals surface area contributed by atoms with Gasteiger partial charge in [-0.1, -0.05) is 12.1 Å². The average molecular weight is 387 g/mol. The molecule has 8 heteroatoms. The van der Waals surface area contributed by atoms with Crippen LogP contribution in [0.3, 0.4) is 0 Å². The highest BCUT2D eigenvalue weighted by Crippen LogP contribution is 2.28. The Morgan fingerprint density at radius 2 is 1.71 bits per heavy atom. The Bertz CT molecular complexity index is 863. The van der Waals surface area contributed by atoms with Gasteiger partial charge in [0.05, 0.1) is 19.9 Å². The summed E-state index contributed by atoms with van der Waals surface area (Å²) in [6.07, 6.45) is 0. The van der Waals surface area contributed by atoms with Crippen LogP contribution in [0.15, 0.2) is 42.5 Å². The van der Waals surface area contributed by atoms with Crippen molar-refractivity contribution in [2.75, 3.05) is 32.8 Å². The number of hydrogen-bond donors (Lipinski definition) is 1. The van der Waals surface area contributed by atoms with Gasteiger partial charge in [-0.05, 0) is 31.2 Å². The summed E-state index contributed by atoms with van der Waals surface area (Å²) < 4.78 is 20.4. The van der Waals surface area contributed by atoms with Gasteiger partial charge < -0.3 is 24.3 Å². The lowest BCUT2D eigenvalue weighted by atomic mass is 10.1. The first-order valence-electron chi connectivity index (χ1n) is 8.34. The van der Waals surface area contributed by atoms with Crippen LogP contribution in [-0.4, -0.2) is 45.1 Å². The minimum atomic E-state index is -0.718. The van der Waals surface area contributed by atoms with Crippen molar-refractivity contribution in [1.82, 2.24) is 0 Å². The summed E-state index contributed by atoms with van der Waals surface area (Å²) in [5.74, 6) is -0.0174. The summed E-state index contributed by atoms with van der Waals surface area (Å²) in [6, 6.07) is 11.3. The molecule has 28 heavy (non-hydrogen) atoms. The molecule has 148 valence electrons. The Hall–Kier alpha value is -3.55. The minimum absolute atomic E-state index is 0.112. The SMILES string of the molecule is COc1ccc(NC(=O)COC(=O)COc2cccc(C(C)=O)c2)c(OC)c1. The van der Waals surface area contributed by atoms with Crippen molar-refractivity contribution in [3.63, 3.8) is 0 Å². The van der Waals surface area contributed by atoms with Crippen LogP contribution in [-0.2, 0) is 14.3 Å². The number of hydrogen-bond acceptors (Lipinski definition) is 7. The van der Waals surface area contributed by atoms with Crippen molar-refractivity contribution < 1.29 is 33.3 Å². The number of nitrogens with one attached hydrogen (secondary N) is 1. The maximum Gasteiger partial charge on any atom is 0.344 e. The van der Waals surface area contributed by atoms with Crippen LogP contribution in [0.1, 0.15) is 17.3 Å². The zero-order chi connectivity index (χ0) is 20.5. The lowest BCUT2D eigenvalue weighted by Gasteiger charge is -2.12. The van der Waals surface area contributed by atoms with E-state index in [1.165, 1.54) is 27.2 Å². The number of ether oxygens (including phenoxy) is 4. The summed E-state index contributed by atoms with van der Waals surface area (Å²) in [6.45, 7) is 0.565. The molecular weight excluding hydrogens is 366 g/mol. The molecule has 0 heterocycles. The van der Waals surface area contributed by atoms with Crippen LogP contribution in [0.5, 0.6) is 17.2 Å². The summed E-state index contributed by atoms with van der Waals surface area (Å²) in [4.78, 5) is 35.1. The van der Waals surface area contributed by atoms with Crippen LogP contribution in [0.25, 0.3) is 0 Å². The van der Waals surface area contributed by atoms with Crippen molar-refractivity contribution in [2.45, 2.75) is 6.92 Å². The predicted octanol–water partition coefficient (Wildman–Crippen LogP) is 2.47. The minimum Gasteiger partial charge on any atom is -0.497 e. The summed E-state index contributed by atoms with van der Waals surface area (Å²) in [5.41, 5.74) is 0.889. The summed E-state index contributed by atoms with van der Waals surface area (Å²) in [5, 5.41) is 2.59. The quantitative estimate of drug-likeness (QED) is 0.521. The first kappa shape index (κ1) is 20.8. The molecule has 8 nitrogen and oxygen atoms in total. The predicted molar refractivity (Wildman–Crippen MR) is 101 cm³/mol. The number of amides is 1. The van der Waals surface area contributed by atoms with Gasteiger partial charge in [-0.15, -0.1) is 0 Å². The van der Waals surface area contributed by atoms with E-state index in [0.717, 1.165) is 0 Å². The molecule has 0 saturated carbocycles.